The first kappa shape index (κ1) is 22.6. The summed E-state index contributed by atoms with van der Waals surface area (Å²) in [6.07, 6.45) is 4.18. The van der Waals surface area contributed by atoms with Crippen LogP contribution in [0.5, 0.6) is 0 Å². The summed E-state index contributed by atoms with van der Waals surface area (Å²) in [7, 11) is 0. The molecule has 1 N–H and O–H groups in total. The highest BCUT2D eigenvalue weighted by molar-refractivity contribution is 7.12. The number of esters is 1. The molecule has 2 aliphatic heterocycles. The van der Waals surface area contributed by atoms with Crippen LogP contribution in [0.1, 0.15) is 48.2 Å². The van der Waals surface area contributed by atoms with E-state index >= 15 is 0 Å². The highest BCUT2D eigenvalue weighted by Gasteiger charge is 2.52. The molecule has 1 atom stereocenters. The van der Waals surface area contributed by atoms with Crippen LogP contribution in [0.2, 0.25) is 0 Å². The van der Waals surface area contributed by atoms with Crippen LogP contribution in [-0.4, -0.2) is 53.8 Å². The number of carbonyl (C=O) groups is 4. The molecule has 0 radical (unpaired) electrons. The molecule has 2 aromatic rings. The lowest BCUT2D eigenvalue weighted by Gasteiger charge is -2.44. The van der Waals surface area contributed by atoms with Gasteiger partial charge in [0.2, 0.25) is 0 Å². The summed E-state index contributed by atoms with van der Waals surface area (Å²) < 4.78 is 5.47. The number of hydrogen-bond acceptors (Lipinski definition) is 6. The van der Waals surface area contributed by atoms with E-state index in [0.29, 0.717) is 48.5 Å². The van der Waals surface area contributed by atoms with Gasteiger partial charge in [-0.05, 0) is 49.3 Å². The Hall–Kier alpha value is -3.20. The number of fused-ring (bicyclic) bond motifs is 1. The number of ether oxygens (including phenoxy) is 1. The first-order valence-electron chi connectivity index (χ1n) is 11.7. The van der Waals surface area contributed by atoms with E-state index in [0.717, 1.165) is 12.8 Å². The summed E-state index contributed by atoms with van der Waals surface area (Å²) >= 11 is 1.38. The molecule has 34 heavy (non-hydrogen) atoms. The van der Waals surface area contributed by atoms with Gasteiger partial charge in [-0.2, -0.15) is 0 Å². The fourth-order valence-electron chi connectivity index (χ4n) is 5.35. The third-order valence-corrected chi connectivity index (χ3v) is 7.89. The number of rotatable bonds is 4. The molecule has 2 fully saturated rings. The largest absolute Gasteiger partial charge is 0.455 e. The summed E-state index contributed by atoms with van der Waals surface area (Å²) in [5.41, 5.74) is 0.280. The van der Waals surface area contributed by atoms with Gasteiger partial charge in [-0.1, -0.05) is 31.0 Å². The first-order chi connectivity index (χ1) is 16.5. The maximum absolute atomic E-state index is 13.4. The van der Waals surface area contributed by atoms with E-state index < -0.39 is 29.9 Å². The molecule has 0 bridgehead atoms. The summed E-state index contributed by atoms with van der Waals surface area (Å²) in [6.45, 7) is 0.446. The Balaban J connectivity index is 1.27. The molecular weight excluding hydrogens is 454 g/mol. The number of thiophene rings is 1. The molecular formula is C25H27N3O5S. The molecule has 1 saturated heterocycles. The zero-order valence-electron chi connectivity index (χ0n) is 18.8. The van der Waals surface area contributed by atoms with E-state index in [-0.39, 0.29) is 18.4 Å². The number of para-hydroxylation sites is 2. The first-order valence-corrected chi connectivity index (χ1v) is 12.6. The number of anilines is 2. The minimum absolute atomic E-state index is 0.0808. The maximum Gasteiger partial charge on any atom is 0.311 e. The van der Waals surface area contributed by atoms with Crippen LogP contribution < -0.4 is 10.2 Å². The van der Waals surface area contributed by atoms with Crippen LogP contribution in [0, 0.1) is 5.92 Å². The van der Waals surface area contributed by atoms with Crippen molar-refractivity contribution in [3.63, 3.8) is 0 Å². The Bertz CT molecular complexity index is 1110. The zero-order chi connectivity index (χ0) is 23.7. The molecule has 1 aromatic heterocycles. The van der Waals surface area contributed by atoms with Crippen molar-refractivity contribution in [2.24, 2.45) is 5.92 Å². The Morgan fingerprint density at radius 3 is 2.65 bits per heavy atom. The highest BCUT2D eigenvalue weighted by Crippen LogP contribution is 2.45. The molecule has 5 rings (SSSR count). The zero-order valence-corrected chi connectivity index (χ0v) is 19.6. The van der Waals surface area contributed by atoms with Gasteiger partial charge in [-0.15, -0.1) is 11.3 Å². The minimum Gasteiger partial charge on any atom is -0.455 e. The molecule has 1 aromatic carbocycles. The van der Waals surface area contributed by atoms with Gasteiger partial charge < -0.3 is 15.0 Å². The smallest absolute Gasteiger partial charge is 0.311 e. The van der Waals surface area contributed by atoms with Crippen molar-refractivity contribution in [2.75, 3.05) is 29.9 Å². The summed E-state index contributed by atoms with van der Waals surface area (Å²) in [5, 5.41) is 4.80. The van der Waals surface area contributed by atoms with Gasteiger partial charge in [0.15, 0.2) is 6.61 Å². The van der Waals surface area contributed by atoms with Crippen molar-refractivity contribution in [2.45, 2.75) is 44.1 Å². The Kier molecular flexibility index (Phi) is 6.12. The summed E-state index contributed by atoms with van der Waals surface area (Å²) in [5.74, 6) is -1.61. The van der Waals surface area contributed by atoms with Gasteiger partial charge in [0.25, 0.3) is 17.7 Å². The van der Waals surface area contributed by atoms with Crippen LogP contribution in [0.25, 0.3) is 0 Å². The molecule has 3 heterocycles. The van der Waals surface area contributed by atoms with Crippen LogP contribution in [0.4, 0.5) is 11.4 Å². The van der Waals surface area contributed by atoms with E-state index in [9.17, 15) is 19.2 Å². The lowest BCUT2D eigenvalue weighted by Crippen LogP contribution is -2.61. The predicted octanol–water partition coefficient (Wildman–Crippen LogP) is 3.44. The molecule has 178 valence electrons. The maximum atomic E-state index is 13.4. The van der Waals surface area contributed by atoms with Gasteiger partial charge in [0.1, 0.15) is 5.54 Å². The second kappa shape index (κ2) is 9.21. The van der Waals surface area contributed by atoms with Crippen molar-refractivity contribution in [3.8, 4) is 0 Å². The van der Waals surface area contributed by atoms with E-state index in [2.05, 4.69) is 5.32 Å². The average Bonchev–Trinajstić information content (AvgIpc) is 3.56. The number of nitrogens with one attached hydrogen (secondary N) is 1. The van der Waals surface area contributed by atoms with Gasteiger partial charge in [-0.25, -0.2) is 0 Å². The second-order valence-electron chi connectivity index (χ2n) is 9.11. The minimum atomic E-state index is -0.938. The Morgan fingerprint density at radius 2 is 1.88 bits per heavy atom. The highest BCUT2D eigenvalue weighted by atomic mass is 32.1. The van der Waals surface area contributed by atoms with Crippen molar-refractivity contribution >= 4 is 46.4 Å². The monoisotopic (exact) mass is 481 g/mol. The number of piperidine rings is 1. The van der Waals surface area contributed by atoms with E-state index in [1.807, 2.05) is 23.6 Å². The molecule has 1 spiro atoms. The molecule has 9 heteroatoms. The number of amides is 3. The van der Waals surface area contributed by atoms with Crippen LogP contribution in [0.3, 0.4) is 0 Å². The van der Waals surface area contributed by atoms with Gasteiger partial charge in [-0.3, -0.25) is 24.1 Å². The summed E-state index contributed by atoms with van der Waals surface area (Å²) in [4.78, 5) is 55.8. The normalized spacial score (nSPS) is 21.2. The van der Waals surface area contributed by atoms with E-state index in [4.69, 9.17) is 4.74 Å². The fourth-order valence-corrected chi connectivity index (χ4v) is 6.04. The van der Waals surface area contributed by atoms with Crippen LogP contribution in [-0.2, 0) is 19.1 Å². The topological polar surface area (TPSA) is 96.0 Å². The van der Waals surface area contributed by atoms with E-state index in [1.165, 1.54) is 11.3 Å². The van der Waals surface area contributed by atoms with Crippen molar-refractivity contribution < 1.29 is 23.9 Å². The lowest BCUT2D eigenvalue weighted by molar-refractivity contribution is -0.153. The van der Waals surface area contributed by atoms with Crippen molar-refractivity contribution in [3.05, 3.63) is 46.7 Å². The summed E-state index contributed by atoms with van der Waals surface area (Å²) in [6, 6.07) is 10.8. The average molecular weight is 482 g/mol. The number of benzene rings is 1. The Morgan fingerprint density at radius 1 is 1.09 bits per heavy atom. The molecule has 1 aliphatic carbocycles. The molecule has 8 nitrogen and oxygen atoms in total. The molecule has 3 amide bonds. The quantitative estimate of drug-likeness (QED) is 0.675. The molecule has 1 saturated carbocycles. The Labute approximate surface area is 201 Å². The predicted molar refractivity (Wildman–Crippen MR) is 128 cm³/mol. The number of nitrogens with zero attached hydrogens (tertiary/aromatic N) is 2. The van der Waals surface area contributed by atoms with Crippen LogP contribution in [0.15, 0.2) is 41.8 Å². The third-order valence-electron chi connectivity index (χ3n) is 7.04. The second-order valence-corrected chi connectivity index (χ2v) is 10.1. The van der Waals surface area contributed by atoms with Crippen molar-refractivity contribution in [1.82, 2.24) is 4.90 Å². The lowest BCUT2D eigenvalue weighted by atomic mass is 9.90. The van der Waals surface area contributed by atoms with Gasteiger partial charge in [0, 0.05) is 13.1 Å². The standard InChI is InChI=1S/C25H27N3O5S/c29-21(28-19-9-2-1-8-18(19)26-24(32)25(28)11-3-4-12-25)16-33-23(31)17-7-5-13-27(15-17)22(30)20-10-6-14-34-20/h1-2,6,8-10,14,17H,3-5,7,11-13,15-16H2,(H,26,32). The number of carbonyl (C=O) groups excluding carboxylic acids is 4. The van der Waals surface area contributed by atoms with Gasteiger partial charge in [0.05, 0.1) is 22.2 Å². The third kappa shape index (κ3) is 3.98. The molecule has 3 aliphatic rings. The number of likely N-dealkylation sites (tertiary alicyclic amines) is 1. The number of hydrogen-bond donors (Lipinski definition) is 1. The molecule has 1 unspecified atom stereocenters. The fraction of sp³-hybridized carbons (Fsp3) is 0.440. The van der Waals surface area contributed by atoms with Crippen LogP contribution >= 0.6 is 11.3 Å². The van der Waals surface area contributed by atoms with Crippen molar-refractivity contribution in [1.29, 1.82) is 0 Å². The van der Waals surface area contributed by atoms with E-state index in [1.54, 1.807) is 28.0 Å². The SMILES string of the molecule is O=C(OCC(=O)N1c2ccccc2NC(=O)C12CCCC2)C1CCCN(C(=O)c2cccs2)C1. The van der Waals surface area contributed by atoms with Gasteiger partial charge >= 0.3 is 5.97 Å².